The first-order valence-corrected chi connectivity index (χ1v) is 8.10. The highest BCUT2D eigenvalue weighted by Crippen LogP contribution is 2.66. The zero-order valence-corrected chi connectivity index (χ0v) is 13.3. The van der Waals surface area contributed by atoms with E-state index in [9.17, 15) is 23.5 Å². The molecule has 130 valence electrons. The Morgan fingerprint density at radius 2 is 2.21 bits per heavy atom. The number of nitrogens with one attached hydrogen (secondary N) is 2. The molecule has 1 aliphatic heterocycles. The van der Waals surface area contributed by atoms with Gasteiger partial charge in [0.2, 0.25) is 5.91 Å². The molecule has 2 amide bonds. The van der Waals surface area contributed by atoms with E-state index in [-0.39, 0.29) is 31.8 Å². The van der Waals surface area contributed by atoms with Crippen LogP contribution in [0.3, 0.4) is 0 Å². The van der Waals surface area contributed by atoms with Crippen molar-refractivity contribution in [3.8, 4) is 0 Å². The van der Waals surface area contributed by atoms with Crippen molar-refractivity contribution in [1.29, 1.82) is 5.41 Å². The summed E-state index contributed by atoms with van der Waals surface area (Å²) >= 11 is 1.30. The van der Waals surface area contributed by atoms with Crippen LogP contribution in [0.1, 0.15) is 23.3 Å². The molecule has 1 saturated carbocycles. The van der Waals surface area contributed by atoms with Crippen molar-refractivity contribution in [2.75, 3.05) is 6.54 Å². The second-order valence-corrected chi connectivity index (χ2v) is 7.22. The summed E-state index contributed by atoms with van der Waals surface area (Å²) < 4.78 is 27.0. The number of thiophene rings is 1. The van der Waals surface area contributed by atoms with Crippen LogP contribution in [0.25, 0.3) is 0 Å². The van der Waals surface area contributed by atoms with Gasteiger partial charge in [0.25, 0.3) is 5.92 Å². The Morgan fingerprint density at radius 3 is 2.71 bits per heavy atom. The van der Waals surface area contributed by atoms with E-state index in [1.165, 1.54) is 11.3 Å². The number of hydrogen-bond donors (Lipinski definition) is 4. The van der Waals surface area contributed by atoms with Gasteiger partial charge in [0.15, 0.2) is 0 Å². The minimum atomic E-state index is -2.90. The highest BCUT2D eigenvalue weighted by molar-refractivity contribution is 7.10. The van der Waals surface area contributed by atoms with Crippen LogP contribution in [0.5, 0.6) is 0 Å². The molecule has 0 bridgehead atoms. The first kappa shape index (κ1) is 16.6. The third-order valence-electron chi connectivity index (χ3n) is 4.59. The van der Waals surface area contributed by atoms with E-state index in [4.69, 9.17) is 11.1 Å². The summed E-state index contributed by atoms with van der Waals surface area (Å²) in [6, 6.07) is 0.538. The van der Waals surface area contributed by atoms with Gasteiger partial charge in [0, 0.05) is 28.8 Å². The molecule has 2 atom stereocenters. The Balaban J connectivity index is 1.65. The summed E-state index contributed by atoms with van der Waals surface area (Å²) in [5.74, 6) is -3.58. The first-order chi connectivity index (χ1) is 11.2. The van der Waals surface area contributed by atoms with Gasteiger partial charge in [-0.15, -0.1) is 11.3 Å². The molecule has 10 heteroatoms. The second-order valence-electron chi connectivity index (χ2n) is 6.23. The molecule has 1 saturated heterocycles. The van der Waals surface area contributed by atoms with Gasteiger partial charge in [-0.3, -0.25) is 15.1 Å². The van der Waals surface area contributed by atoms with Crippen LogP contribution >= 0.6 is 11.3 Å². The number of amides is 2. The lowest BCUT2D eigenvalue weighted by atomic mass is 10.0. The van der Waals surface area contributed by atoms with Gasteiger partial charge in [0.05, 0.1) is 12.0 Å². The molecule has 7 nitrogen and oxygen atoms in total. The van der Waals surface area contributed by atoms with Crippen molar-refractivity contribution < 1.29 is 23.5 Å². The van der Waals surface area contributed by atoms with Crippen molar-refractivity contribution in [2.45, 2.75) is 31.4 Å². The second kappa shape index (κ2) is 5.40. The molecule has 24 heavy (non-hydrogen) atoms. The zero-order chi connectivity index (χ0) is 17.7. The Morgan fingerprint density at radius 1 is 1.54 bits per heavy atom. The molecule has 0 radical (unpaired) electrons. The number of likely N-dealkylation sites (tertiary alicyclic amines) is 1. The standard InChI is InChI=1S/C14H16F2N4O3S/c15-14(16)5-13(14)2-9(20(6-13)12(22)23)11(21)19-3-8-1-7(4-24-8)10(17)18/h1,4,9H,2-3,5-6H2,(H3,17,18)(H,19,21)(H,22,23)/t9-,13-/m0/s1. The summed E-state index contributed by atoms with van der Waals surface area (Å²) in [5, 5.41) is 20.7. The summed E-state index contributed by atoms with van der Waals surface area (Å²) in [4.78, 5) is 25.1. The topological polar surface area (TPSA) is 120 Å². The molecule has 1 aliphatic carbocycles. The van der Waals surface area contributed by atoms with E-state index in [1.807, 2.05) is 0 Å². The minimum Gasteiger partial charge on any atom is -0.465 e. The fraction of sp³-hybridized carbons (Fsp3) is 0.500. The van der Waals surface area contributed by atoms with Crippen LogP contribution in [-0.4, -0.2) is 46.4 Å². The number of carbonyl (C=O) groups is 2. The molecule has 1 spiro atoms. The molecule has 2 fully saturated rings. The summed E-state index contributed by atoms with van der Waals surface area (Å²) in [6.07, 6.45) is -1.91. The van der Waals surface area contributed by atoms with E-state index in [1.54, 1.807) is 11.4 Å². The maximum absolute atomic E-state index is 13.5. The fourth-order valence-electron chi connectivity index (χ4n) is 3.10. The Kier molecular flexibility index (Phi) is 3.74. The van der Waals surface area contributed by atoms with Gasteiger partial charge in [0.1, 0.15) is 11.9 Å². The van der Waals surface area contributed by atoms with Crippen molar-refractivity contribution in [2.24, 2.45) is 11.1 Å². The maximum Gasteiger partial charge on any atom is 0.408 e. The zero-order valence-electron chi connectivity index (χ0n) is 12.5. The van der Waals surface area contributed by atoms with Gasteiger partial charge >= 0.3 is 6.09 Å². The molecule has 1 aromatic rings. The van der Waals surface area contributed by atoms with E-state index < -0.39 is 29.4 Å². The first-order valence-electron chi connectivity index (χ1n) is 7.22. The third kappa shape index (κ3) is 2.70. The summed E-state index contributed by atoms with van der Waals surface area (Å²) in [7, 11) is 0. The number of amidine groups is 1. The van der Waals surface area contributed by atoms with Crippen molar-refractivity contribution in [3.05, 3.63) is 21.9 Å². The predicted molar refractivity (Wildman–Crippen MR) is 82.3 cm³/mol. The van der Waals surface area contributed by atoms with Crippen molar-refractivity contribution in [3.63, 3.8) is 0 Å². The fourth-order valence-corrected chi connectivity index (χ4v) is 3.92. The molecule has 0 aromatic carbocycles. The maximum atomic E-state index is 13.5. The number of alkyl halides is 2. The van der Waals surface area contributed by atoms with Crippen LogP contribution in [0.4, 0.5) is 13.6 Å². The van der Waals surface area contributed by atoms with Gasteiger partial charge in [-0.2, -0.15) is 0 Å². The average Bonchev–Trinajstić information content (AvgIpc) is 2.92. The molecule has 5 N–H and O–H groups in total. The lowest BCUT2D eigenvalue weighted by Crippen LogP contribution is -2.45. The highest BCUT2D eigenvalue weighted by atomic mass is 32.1. The third-order valence-corrected chi connectivity index (χ3v) is 5.53. The minimum absolute atomic E-state index is 0.0884. The number of hydrogen-bond acceptors (Lipinski definition) is 4. The van der Waals surface area contributed by atoms with Crippen molar-refractivity contribution in [1.82, 2.24) is 10.2 Å². The predicted octanol–water partition coefficient (Wildman–Crippen LogP) is 1.43. The largest absolute Gasteiger partial charge is 0.465 e. The van der Waals surface area contributed by atoms with Gasteiger partial charge < -0.3 is 16.2 Å². The SMILES string of the molecule is N=C(N)c1csc(CNC(=O)[C@@H]2C[C@@]3(CN2C(=O)O)CC3(F)F)c1. The Hall–Kier alpha value is -2.23. The van der Waals surface area contributed by atoms with Crippen LogP contribution < -0.4 is 11.1 Å². The molecule has 1 aromatic heterocycles. The van der Waals surface area contributed by atoms with Crippen LogP contribution in [0.2, 0.25) is 0 Å². The lowest BCUT2D eigenvalue weighted by molar-refractivity contribution is -0.125. The Labute approximate surface area is 139 Å². The number of halogens is 2. The lowest BCUT2D eigenvalue weighted by Gasteiger charge is -2.20. The van der Waals surface area contributed by atoms with E-state index >= 15 is 0 Å². The van der Waals surface area contributed by atoms with Crippen LogP contribution in [0.15, 0.2) is 11.4 Å². The van der Waals surface area contributed by atoms with Crippen LogP contribution in [-0.2, 0) is 11.3 Å². The number of rotatable bonds is 4. The van der Waals surface area contributed by atoms with E-state index in [0.717, 1.165) is 9.78 Å². The monoisotopic (exact) mass is 358 g/mol. The van der Waals surface area contributed by atoms with E-state index in [2.05, 4.69) is 5.32 Å². The average molecular weight is 358 g/mol. The number of nitrogens with zero attached hydrogens (tertiary/aromatic N) is 1. The van der Waals surface area contributed by atoms with Gasteiger partial charge in [-0.25, -0.2) is 13.6 Å². The normalized spacial score (nSPS) is 27.2. The number of nitrogen functional groups attached to an aromatic ring is 1. The molecule has 0 unspecified atom stereocenters. The number of carboxylic acid groups (broad SMARTS) is 1. The molecule has 3 rings (SSSR count). The van der Waals surface area contributed by atoms with E-state index in [0.29, 0.717) is 5.56 Å². The number of carbonyl (C=O) groups excluding carboxylic acids is 1. The summed E-state index contributed by atoms with van der Waals surface area (Å²) in [6.45, 7) is -0.189. The van der Waals surface area contributed by atoms with Gasteiger partial charge in [-0.1, -0.05) is 0 Å². The number of nitrogens with two attached hydrogens (primary N) is 1. The molecular formula is C14H16F2N4O3S. The smallest absolute Gasteiger partial charge is 0.408 e. The van der Waals surface area contributed by atoms with Crippen molar-refractivity contribution >= 4 is 29.2 Å². The molecule has 2 heterocycles. The molecular weight excluding hydrogens is 342 g/mol. The summed E-state index contributed by atoms with van der Waals surface area (Å²) in [5.41, 5.74) is 4.50. The van der Waals surface area contributed by atoms with Crippen LogP contribution in [0, 0.1) is 10.8 Å². The van der Waals surface area contributed by atoms with Gasteiger partial charge in [-0.05, 0) is 12.5 Å². The molecule has 2 aliphatic rings. The highest BCUT2D eigenvalue weighted by Gasteiger charge is 2.75. The Bertz CT molecular complexity index is 723. The quantitative estimate of drug-likeness (QED) is 0.481.